The molecule has 4 heteroatoms. The first kappa shape index (κ1) is 12.7. The molecule has 1 aromatic rings. The Morgan fingerprint density at radius 3 is 2.62 bits per heavy atom. The van der Waals surface area contributed by atoms with Crippen LogP contribution in [0.15, 0.2) is 18.2 Å². The molecule has 0 saturated carbocycles. The summed E-state index contributed by atoms with van der Waals surface area (Å²) in [6.07, 6.45) is 0.721. The van der Waals surface area contributed by atoms with Crippen molar-refractivity contribution in [3.05, 3.63) is 34.6 Å². The van der Waals surface area contributed by atoms with Crippen LogP contribution >= 0.6 is 24.0 Å². The van der Waals surface area contributed by atoms with Crippen LogP contribution < -0.4 is 5.73 Å². The minimum absolute atomic E-state index is 0. The van der Waals surface area contributed by atoms with Gasteiger partial charge in [0.25, 0.3) is 0 Å². The van der Waals surface area contributed by atoms with Crippen molar-refractivity contribution < 1.29 is 4.39 Å². The Hall–Kier alpha value is -0.310. The van der Waals surface area contributed by atoms with Crippen LogP contribution in [0.4, 0.5) is 4.39 Å². The van der Waals surface area contributed by atoms with Crippen LogP contribution in [0.2, 0.25) is 5.02 Å². The fraction of sp³-hybridized carbons (Fsp3) is 0.333. The monoisotopic (exact) mass is 223 g/mol. The van der Waals surface area contributed by atoms with Crippen molar-refractivity contribution in [2.45, 2.75) is 19.4 Å². The van der Waals surface area contributed by atoms with Crippen molar-refractivity contribution in [3.8, 4) is 0 Å². The summed E-state index contributed by atoms with van der Waals surface area (Å²) in [6.45, 7) is 1.92. The predicted octanol–water partition coefficient (Wildman–Crippen LogP) is 3.31. The number of rotatable bonds is 2. The molecule has 0 unspecified atom stereocenters. The van der Waals surface area contributed by atoms with Crippen LogP contribution in [0.1, 0.15) is 24.9 Å². The van der Waals surface area contributed by atoms with Gasteiger partial charge in [-0.25, -0.2) is 4.39 Å². The predicted molar refractivity (Wildman–Crippen MR) is 55.9 cm³/mol. The molecule has 0 heterocycles. The van der Waals surface area contributed by atoms with Crippen molar-refractivity contribution >= 4 is 24.0 Å². The second-order valence-electron chi connectivity index (χ2n) is 2.68. The normalized spacial score (nSPS) is 12.0. The van der Waals surface area contributed by atoms with Gasteiger partial charge in [-0.05, 0) is 18.6 Å². The highest BCUT2D eigenvalue weighted by atomic mass is 35.5. The average molecular weight is 224 g/mol. The Balaban J connectivity index is 0.00000144. The number of benzene rings is 1. The lowest BCUT2D eigenvalue weighted by atomic mass is 10.1. The molecule has 1 aromatic carbocycles. The second-order valence-corrected chi connectivity index (χ2v) is 3.12. The van der Waals surface area contributed by atoms with Gasteiger partial charge in [0.1, 0.15) is 5.82 Å². The molecule has 74 valence electrons. The van der Waals surface area contributed by atoms with Gasteiger partial charge in [-0.1, -0.05) is 24.6 Å². The lowest BCUT2D eigenvalue weighted by molar-refractivity contribution is 0.575. The standard InChI is InChI=1S/C9H11ClFN.ClH/c1-2-9(12)7-4-3-6(10)5-8(7)11;/h3-5,9H,2,12H2,1H3;1H/t9-;/m1./s1. The third kappa shape index (κ3) is 3.14. The maximum absolute atomic E-state index is 13.1. The Kier molecular flexibility index (Phi) is 5.30. The Bertz CT molecular complexity index is 278. The van der Waals surface area contributed by atoms with E-state index in [1.54, 1.807) is 12.1 Å². The fourth-order valence-corrected chi connectivity index (χ4v) is 1.18. The molecule has 2 N–H and O–H groups in total. The van der Waals surface area contributed by atoms with Gasteiger partial charge in [0, 0.05) is 16.6 Å². The molecule has 0 amide bonds. The first-order valence-corrected chi connectivity index (χ1v) is 4.23. The molecular weight excluding hydrogens is 212 g/mol. The van der Waals surface area contributed by atoms with Gasteiger partial charge in [0.15, 0.2) is 0 Å². The zero-order chi connectivity index (χ0) is 9.14. The molecule has 13 heavy (non-hydrogen) atoms. The fourth-order valence-electron chi connectivity index (χ4n) is 1.02. The van der Waals surface area contributed by atoms with Gasteiger partial charge in [0.05, 0.1) is 0 Å². The van der Waals surface area contributed by atoms with Crippen LogP contribution in [-0.2, 0) is 0 Å². The average Bonchev–Trinajstić information content (AvgIpc) is 2.03. The smallest absolute Gasteiger partial charge is 0.129 e. The van der Waals surface area contributed by atoms with E-state index in [0.29, 0.717) is 10.6 Å². The summed E-state index contributed by atoms with van der Waals surface area (Å²) in [5.41, 5.74) is 6.19. The van der Waals surface area contributed by atoms with E-state index in [1.165, 1.54) is 6.07 Å². The molecule has 0 radical (unpaired) electrons. The molecule has 1 atom stereocenters. The van der Waals surface area contributed by atoms with Gasteiger partial charge in [-0.3, -0.25) is 0 Å². The summed E-state index contributed by atoms with van der Waals surface area (Å²) in [4.78, 5) is 0. The van der Waals surface area contributed by atoms with Crippen molar-refractivity contribution in [1.82, 2.24) is 0 Å². The van der Waals surface area contributed by atoms with E-state index in [-0.39, 0.29) is 24.3 Å². The van der Waals surface area contributed by atoms with Crippen molar-refractivity contribution in [1.29, 1.82) is 0 Å². The Morgan fingerprint density at radius 1 is 1.54 bits per heavy atom. The van der Waals surface area contributed by atoms with Crippen LogP contribution in [0.25, 0.3) is 0 Å². The van der Waals surface area contributed by atoms with Crippen LogP contribution in [0.5, 0.6) is 0 Å². The van der Waals surface area contributed by atoms with E-state index in [4.69, 9.17) is 17.3 Å². The quantitative estimate of drug-likeness (QED) is 0.819. The molecule has 0 saturated heterocycles. The Morgan fingerprint density at radius 2 is 2.15 bits per heavy atom. The lowest BCUT2D eigenvalue weighted by Crippen LogP contribution is -2.10. The zero-order valence-electron chi connectivity index (χ0n) is 7.26. The van der Waals surface area contributed by atoms with Gasteiger partial charge >= 0.3 is 0 Å². The largest absolute Gasteiger partial charge is 0.324 e. The number of nitrogens with two attached hydrogens (primary N) is 1. The van der Waals surface area contributed by atoms with Crippen LogP contribution in [0.3, 0.4) is 0 Å². The van der Waals surface area contributed by atoms with Crippen molar-refractivity contribution in [3.63, 3.8) is 0 Å². The van der Waals surface area contributed by atoms with Gasteiger partial charge < -0.3 is 5.73 Å². The van der Waals surface area contributed by atoms with Gasteiger partial charge in [-0.15, -0.1) is 12.4 Å². The minimum Gasteiger partial charge on any atom is -0.324 e. The molecule has 1 nitrogen and oxygen atoms in total. The van der Waals surface area contributed by atoms with Crippen molar-refractivity contribution in [2.24, 2.45) is 5.73 Å². The van der Waals surface area contributed by atoms with E-state index >= 15 is 0 Å². The first-order valence-electron chi connectivity index (χ1n) is 3.85. The van der Waals surface area contributed by atoms with E-state index in [9.17, 15) is 4.39 Å². The highest BCUT2D eigenvalue weighted by Gasteiger charge is 2.08. The molecule has 0 bridgehead atoms. The first-order chi connectivity index (χ1) is 5.65. The maximum Gasteiger partial charge on any atom is 0.129 e. The maximum atomic E-state index is 13.1. The molecule has 1 rings (SSSR count). The third-order valence-corrected chi connectivity index (χ3v) is 2.04. The molecule has 0 aliphatic rings. The van der Waals surface area contributed by atoms with E-state index in [1.807, 2.05) is 6.92 Å². The number of hydrogen-bond acceptors (Lipinski definition) is 1. The highest BCUT2D eigenvalue weighted by Crippen LogP contribution is 2.20. The molecule has 0 spiro atoms. The summed E-state index contributed by atoms with van der Waals surface area (Å²) < 4.78 is 13.1. The summed E-state index contributed by atoms with van der Waals surface area (Å²) in [5, 5.41) is 0.402. The van der Waals surface area contributed by atoms with Crippen molar-refractivity contribution in [2.75, 3.05) is 0 Å². The van der Waals surface area contributed by atoms with E-state index in [2.05, 4.69) is 0 Å². The van der Waals surface area contributed by atoms with Gasteiger partial charge in [-0.2, -0.15) is 0 Å². The topological polar surface area (TPSA) is 26.0 Å². The number of halogens is 3. The highest BCUT2D eigenvalue weighted by molar-refractivity contribution is 6.30. The molecule has 0 aliphatic heterocycles. The molecule has 0 fully saturated rings. The number of hydrogen-bond donors (Lipinski definition) is 1. The second kappa shape index (κ2) is 5.43. The van der Waals surface area contributed by atoms with Gasteiger partial charge in [0.2, 0.25) is 0 Å². The van der Waals surface area contributed by atoms with E-state index < -0.39 is 0 Å². The molecular formula is C9H12Cl2FN. The van der Waals surface area contributed by atoms with Crippen LogP contribution in [0, 0.1) is 5.82 Å². The minimum atomic E-state index is -0.322. The summed E-state index contributed by atoms with van der Waals surface area (Å²) in [5.74, 6) is -0.322. The zero-order valence-corrected chi connectivity index (χ0v) is 8.83. The summed E-state index contributed by atoms with van der Waals surface area (Å²) in [7, 11) is 0. The Labute approximate surface area is 88.5 Å². The SMILES string of the molecule is CC[C@@H](N)c1ccc(Cl)cc1F.Cl. The summed E-state index contributed by atoms with van der Waals surface area (Å²) >= 11 is 5.58. The summed E-state index contributed by atoms with van der Waals surface area (Å²) in [6, 6.07) is 4.33. The lowest BCUT2D eigenvalue weighted by Gasteiger charge is -2.09. The third-order valence-electron chi connectivity index (χ3n) is 1.80. The van der Waals surface area contributed by atoms with E-state index in [0.717, 1.165) is 6.42 Å². The molecule has 0 aliphatic carbocycles. The van der Waals surface area contributed by atoms with Crippen LogP contribution in [-0.4, -0.2) is 0 Å². The molecule has 0 aromatic heterocycles.